The van der Waals surface area contributed by atoms with E-state index in [0.29, 0.717) is 17.0 Å². The number of aryl methyl sites for hydroxylation is 1. The monoisotopic (exact) mass is 335 g/mol. The molecule has 124 valence electrons. The molecule has 0 unspecified atom stereocenters. The summed E-state index contributed by atoms with van der Waals surface area (Å²) < 4.78 is 1.61. The Morgan fingerprint density at radius 1 is 1.48 bits per heavy atom. The minimum atomic E-state index is -0.769. The molecule has 2 N–H and O–H groups in total. The minimum absolute atomic E-state index is 0.111. The highest BCUT2D eigenvalue weighted by Crippen LogP contribution is 2.24. The lowest BCUT2D eigenvalue weighted by molar-refractivity contribution is -0.129. The van der Waals surface area contributed by atoms with Crippen LogP contribution in [0, 0.1) is 5.41 Å². The molecule has 1 aromatic heterocycles. The molecule has 0 aliphatic rings. The van der Waals surface area contributed by atoms with Crippen LogP contribution in [0.25, 0.3) is 0 Å². The van der Waals surface area contributed by atoms with Gasteiger partial charge in [-0.05, 0) is 24.1 Å². The highest BCUT2D eigenvalue weighted by atomic mass is 35.5. The van der Waals surface area contributed by atoms with E-state index in [9.17, 15) is 9.90 Å². The Balaban J connectivity index is 1.93. The van der Waals surface area contributed by atoms with Gasteiger partial charge in [0.2, 0.25) is 5.91 Å². The summed E-state index contributed by atoms with van der Waals surface area (Å²) in [5.41, 5.74) is 1.09. The first-order valence-electron chi connectivity index (χ1n) is 7.47. The largest absolute Gasteiger partial charge is 0.386 e. The number of aliphatic hydroxyl groups is 1. The summed E-state index contributed by atoms with van der Waals surface area (Å²) in [6, 6.07) is 7.49. The quantitative estimate of drug-likeness (QED) is 0.852. The predicted octanol–water partition coefficient (Wildman–Crippen LogP) is 2.49. The molecule has 0 aliphatic carbocycles. The Hall–Kier alpha value is -1.85. The van der Waals surface area contributed by atoms with Crippen LogP contribution in [0.1, 0.15) is 31.1 Å². The second kappa shape index (κ2) is 7.15. The molecule has 6 heteroatoms. The van der Waals surface area contributed by atoms with Gasteiger partial charge in [0.1, 0.15) is 0 Å². The van der Waals surface area contributed by atoms with Crippen molar-refractivity contribution in [2.24, 2.45) is 12.5 Å². The molecule has 0 saturated heterocycles. The molecule has 0 fully saturated rings. The van der Waals surface area contributed by atoms with Crippen molar-refractivity contribution >= 4 is 17.5 Å². The van der Waals surface area contributed by atoms with Gasteiger partial charge >= 0.3 is 0 Å². The predicted molar refractivity (Wildman–Crippen MR) is 90.1 cm³/mol. The van der Waals surface area contributed by atoms with E-state index in [0.717, 1.165) is 5.56 Å². The van der Waals surface area contributed by atoms with E-state index < -0.39 is 11.5 Å². The first kappa shape index (κ1) is 17.5. The molecular weight excluding hydrogens is 314 g/mol. The van der Waals surface area contributed by atoms with Crippen LogP contribution < -0.4 is 5.32 Å². The van der Waals surface area contributed by atoms with E-state index in [1.54, 1.807) is 24.1 Å². The molecule has 0 aliphatic heterocycles. The molecule has 1 atom stereocenters. The smallest absolute Gasteiger partial charge is 0.226 e. The SMILES string of the molecule is Cn1cc([C@@H](O)CNC(=O)C(C)(C)Cc2cccc(Cl)c2)cn1. The summed E-state index contributed by atoms with van der Waals surface area (Å²) in [5.74, 6) is -0.111. The van der Waals surface area contributed by atoms with Gasteiger partial charge in [-0.2, -0.15) is 5.10 Å². The Labute approximate surface area is 141 Å². The van der Waals surface area contributed by atoms with Crippen LogP contribution in [0.15, 0.2) is 36.7 Å². The topological polar surface area (TPSA) is 67.2 Å². The fourth-order valence-corrected chi connectivity index (χ4v) is 2.61. The maximum atomic E-state index is 12.4. The Bertz CT molecular complexity index is 682. The van der Waals surface area contributed by atoms with Crippen LogP contribution in [0.4, 0.5) is 0 Å². The molecule has 5 nitrogen and oxygen atoms in total. The van der Waals surface area contributed by atoms with Gasteiger partial charge in [0, 0.05) is 35.8 Å². The number of hydrogen-bond acceptors (Lipinski definition) is 3. The Morgan fingerprint density at radius 3 is 2.83 bits per heavy atom. The number of halogens is 1. The molecule has 0 spiro atoms. The molecule has 1 heterocycles. The van der Waals surface area contributed by atoms with Gasteiger partial charge in [0.25, 0.3) is 0 Å². The summed E-state index contributed by atoms with van der Waals surface area (Å²) in [6.45, 7) is 3.91. The van der Waals surface area contributed by atoms with Crippen molar-refractivity contribution in [3.8, 4) is 0 Å². The highest BCUT2D eigenvalue weighted by Gasteiger charge is 2.28. The fourth-order valence-electron chi connectivity index (χ4n) is 2.40. The second-order valence-electron chi connectivity index (χ2n) is 6.36. The molecule has 0 saturated carbocycles. The highest BCUT2D eigenvalue weighted by molar-refractivity contribution is 6.30. The Kier molecular flexibility index (Phi) is 5.44. The van der Waals surface area contributed by atoms with Gasteiger partial charge < -0.3 is 10.4 Å². The summed E-state index contributed by atoms with van der Waals surface area (Å²) >= 11 is 5.98. The molecule has 1 amide bonds. The van der Waals surface area contributed by atoms with Crippen molar-refractivity contribution in [3.05, 3.63) is 52.8 Å². The van der Waals surface area contributed by atoms with E-state index in [-0.39, 0.29) is 12.5 Å². The zero-order valence-corrected chi connectivity index (χ0v) is 14.3. The van der Waals surface area contributed by atoms with Crippen molar-refractivity contribution in [1.29, 1.82) is 0 Å². The summed E-state index contributed by atoms with van der Waals surface area (Å²) in [4.78, 5) is 12.4. The third-order valence-corrected chi connectivity index (χ3v) is 3.95. The normalized spacial score (nSPS) is 12.9. The van der Waals surface area contributed by atoms with Crippen LogP contribution >= 0.6 is 11.6 Å². The number of aromatic nitrogens is 2. The summed E-state index contributed by atoms with van der Waals surface area (Å²) in [6.07, 6.45) is 3.12. The number of nitrogens with zero attached hydrogens (tertiary/aromatic N) is 2. The zero-order valence-electron chi connectivity index (χ0n) is 13.6. The molecule has 2 rings (SSSR count). The molecule has 23 heavy (non-hydrogen) atoms. The van der Waals surface area contributed by atoms with E-state index in [1.165, 1.54) is 0 Å². The van der Waals surface area contributed by atoms with Gasteiger partial charge in [-0.3, -0.25) is 9.48 Å². The second-order valence-corrected chi connectivity index (χ2v) is 6.80. The number of carbonyl (C=O) groups excluding carboxylic acids is 1. The van der Waals surface area contributed by atoms with Gasteiger partial charge in [-0.15, -0.1) is 0 Å². The number of benzene rings is 1. The van der Waals surface area contributed by atoms with Crippen LogP contribution in [0.2, 0.25) is 5.02 Å². The third-order valence-electron chi connectivity index (χ3n) is 3.72. The van der Waals surface area contributed by atoms with Crippen LogP contribution in [0.3, 0.4) is 0 Å². The lowest BCUT2D eigenvalue weighted by Crippen LogP contribution is -2.40. The molecule has 0 radical (unpaired) electrons. The fraction of sp³-hybridized carbons (Fsp3) is 0.412. The standard InChI is InChI=1S/C17H22ClN3O2/c1-17(2,8-12-5-4-6-14(18)7-12)16(23)19-10-15(22)13-9-20-21(3)11-13/h4-7,9,11,15,22H,8,10H2,1-3H3,(H,19,23)/t15-/m0/s1. The van der Waals surface area contributed by atoms with Gasteiger partial charge in [0.05, 0.1) is 12.3 Å². The van der Waals surface area contributed by atoms with Gasteiger partial charge in [-0.25, -0.2) is 0 Å². The van der Waals surface area contributed by atoms with Crippen molar-refractivity contribution in [2.45, 2.75) is 26.4 Å². The van der Waals surface area contributed by atoms with E-state index in [1.807, 2.05) is 38.1 Å². The van der Waals surface area contributed by atoms with Crippen molar-refractivity contribution in [2.75, 3.05) is 6.54 Å². The maximum Gasteiger partial charge on any atom is 0.226 e. The maximum absolute atomic E-state index is 12.4. The number of hydrogen-bond donors (Lipinski definition) is 2. The lowest BCUT2D eigenvalue weighted by atomic mass is 9.84. The molecule has 0 bridgehead atoms. The van der Waals surface area contributed by atoms with E-state index in [2.05, 4.69) is 10.4 Å². The van der Waals surface area contributed by atoms with Crippen LogP contribution in [0.5, 0.6) is 0 Å². The summed E-state index contributed by atoms with van der Waals surface area (Å²) in [5, 5.41) is 17.6. The number of nitrogens with one attached hydrogen (secondary N) is 1. The molecule has 2 aromatic rings. The number of carbonyl (C=O) groups is 1. The Morgan fingerprint density at radius 2 is 2.22 bits per heavy atom. The van der Waals surface area contributed by atoms with E-state index in [4.69, 9.17) is 11.6 Å². The first-order chi connectivity index (χ1) is 10.8. The van der Waals surface area contributed by atoms with Gasteiger partial charge in [-0.1, -0.05) is 37.6 Å². The number of aliphatic hydroxyl groups excluding tert-OH is 1. The summed E-state index contributed by atoms with van der Waals surface area (Å²) in [7, 11) is 1.78. The molecular formula is C17H22ClN3O2. The number of amides is 1. The average molecular weight is 336 g/mol. The third kappa shape index (κ3) is 4.81. The van der Waals surface area contributed by atoms with Gasteiger partial charge in [0.15, 0.2) is 0 Å². The number of rotatable bonds is 6. The minimum Gasteiger partial charge on any atom is -0.386 e. The van der Waals surface area contributed by atoms with Crippen LogP contribution in [-0.4, -0.2) is 27.3 Å². The van der Waals surface area contributed by atoms with Crippen molar-refractivity contribution in [3.63, 3.8) is 0 Å². The van der Waals surface area contributed by atoms with Crippen molar-refractivity contribution in [1.82, 2.24) is 15.1 Å². The first-order valence-corrected chi connectivity index (χ1v) is 7.85. The van der Waals surface area contributed by atoms with Crippen LogP contribution in [-0.2, 0) is 18.3 Å². The van der Waals surface area contributed by atoms with Crippen molar-refractivity contribution < 1.29 is 9.90 Å². The average Bonchev–Trinajstić information content (AvgIpc) is 2.90. The van der Waals surface area contributed by atoms with E-state index >= 15 is 0 Å². The zero-order chi connectivity index (χ0) is 17.0. The lowest BCUT2D eigenvalue weighted by Gasteiger charge is -2.24. The molecule has 1 aromatic carbocycles.